The monoisotopic (exact) mass is 461 g/mol. The number of thiophene rings is 1. The van der Waals surface area contributed by atoms with Crippen molar-refractivity contribution in [1.82, 2.24) is 14.5 Å². The normalized spacial score (nSPS) is 21.1. The highest BCUT2D eigenvalue weighted by molar-refractivity contribution is 7.91. The minimum atomic E-state index is -3.50. The smallest absolute Gasteiger partial charge is 0.252 e. The van der Waals surface area contributed by atoms with Crippen molar-refractivity contribution in [2.24, 2.45) is 5.92 Å². The van der Waals surface area contributed by atoms with E-state index in [1.165, 1.54) is 53.6 Å². The molecule has 0 aliphatic carbocycles. The van der Waals surface area contributed by atoms with Crippen molar-refractivity contribution in [3.05, 3.63) is 52.9 Å². The van der Waals surface area contributed by atoms with Gasteiger partial charge in [-0.05, 0) is 61.3 Å². The second-order valence-electron chi connectivity index (χ2n) is 8.51. The van der Waals surface area contributed by atoms with Crippen LogP contribution in [0.4, 0.5) is 0 Å². The predicted octanol–water partition coefficient (Wildman–Crippen LogP) is 3.45. The first-order valence-corrected chi connectivity index (χ1v) is 13.5. The quantitative estimate of drug-likeness (QED) is 0.686. The summed E-state index contributed by atoms with van der Waals surface area (Å²) in [6, 6.07) is 11.8. The molecule has 0 bridgehead atoms. The minimum Gasteiger partial charge on any atom is -0.352 e. The van der Waals surface area contributed by atoms with Crippen LogP contribution in [0.5, 0.6) is 0 Å². The molecular weight excluding hydrogens is 430 g/mol. The Morgan fingerprint density at radius 3 is 2.45 bits per heavy atom. The molecule has 31 heavy (non-hydrogen) atoms. The number of hydrogen-bond acceptors (Lipinski definition) is 5. The van der Waals surface area contributed by atoms with Gasteiger partial charge in [-0.3, -0.25) is 9.69 Å². The maximum absolute atomic E-state index is 12.8. The Hall–Kier alpha value is -1.74. The zero-order valence-corrected chi connectivity index (χ0v) is 19.5. The predicted molar refractivity (Wildman–Crippen MR) is 123 cm³/mol. The largest absolute Gasteiger partial charge is 0.352 e. The lowest BCUT2D eigenvalue weighted by Gasteiger charge is -2.30. The maximum Gasteiger partial charge on any atom is 0.252 e. The number of sulfonamides is 1. The third kappa shape index (κ3) is 5.74. The summed E-state index contributed by atoms with van der Waals surface area (Å²) in [6.07, 6.45) is 5.34. The topological polar surface area (TPSA) is 69.7 Å². The van der Waals surface area contributed by atoms with Gasteiger partial charge in [0.1, 0.15) is 4.21 Å². The number of carbonyl (C=O) groups is 1. The van der Waals surface area contributed by atoms with Crippen LogP contribution in [0.1, 0.15) is 43.2 Å². The lowest BCUT2D eigenvalue weighted by atomic mass is 9.98. The fourth-order valence-corrected chi connectivity index (χ4v) is 7.05. The van der Waals surface area contributed by atoms with Crippen LogP contribution in [0, 0.1) is 5.92 Å². The summed E-state index contributed by atoms with van der Waals surface area (Å²) in [7, 11) is -3.50. The minimum absolute atomic E-state index is 0.0662. The summed E-state index contributed by atoms with van der Waals surface area (Å²) >= 11 is 1.22. The molecule has 2 aliphatic rings. The van der Waals surface area contributed by atoms with E-state index in [1.807, 2.05) is 0 Å². The summed E-state index contributed by atoms with van der Waals surface area (Å²) in [5.41, 5.74) is 2.37. The molecule has 2 fully saturated rings. The van der Waals surface area contributed by atoms with Crippen molar-refractivity contribution in [1.29, 1.82) is 0 Å². The Balaban J connectivity index is 1.28. The van der Waals surface area contributed by atoms with Crippen LogP contribution in [0.15, 0.2) is 46.0 Å². The lowest BCUT2D eigenvalue weighted by molar-refractivity contribution is -0.126. The molecule has 1 atom stereocenters. The van der Waals surface area contributed by atoms with Crippen molar-refractivity contribution in [3.63, 3.8) is 0 Å². The van der Waals surface area contributed by atoms with Gasteiger partial charge in [-0.2, -0.15) is 4.31 Å². The molecule has 1 aromatic heterocycles. The van der Waals surface area contributed by atoms with Gasteiger partial charge in [0.15, 0.2) is 0 Å². The molecule has 2 saturated heterocycles. The highest BCUT2D eigenvalue weighted by atomic mass is 32.2. The first-order chi connectivity index (χ1) is 15.0. The van der Waals surface area contributed by atoms with E-state index in [9.17, 15) is 13.2 Å². The van der Waals surface area contributed by atoms with Crippen molar-refractivity contribution in [2.75, 3.05) is 26.2 Å². The molecule has 1 N–H and O–H groups in total. The number of nitrogens with zero attached hydrogens (tertiary/aromatic N) is 2. The Bertz CT molecular complexity index is 952. The van der Waals surface area contributed by atoms with Crippen LogP contribution in [0.25, 0.3) is 0 Å². The Kier molecular flexibility index (Phi) is 7.43. The number of benzene rings is 1. The third-order valence-electron chi connectivity index (χ3n) is 6.19. The molecule has 168 valence electrons. The zero-order chi connectivity index (χ0) is 21.7. The van der Waals surface area contributed by atoms with E-state index in [0.29, 0.717) is 23.7 Å². The van der Waals surface area contributed by atoms with E-state index >= 15 is 0 Å². The first-order valence-electron chi connectivity index (χ1n) is 11.1. The van der Waals surface area contributed by atoms with Gasteiger partial charge in [0, 0.05) is 26.2 Å². The third-order valence-corrected chi connectivity index (χ3v) is 9.43. The molecule has 0 saturated carbocycles. The van der Waals surface area contributed by atoms with Crippen LogP contribution in [0.3, 0.4) is 0 Å². The van der Waals surface area contributed by atoms with Gasteiger partial charge in [0.05, 0.1) is 5.92 Å². The van der Waals surface area contributed by atoms with Gasteiger partial charge >= 0.3 is 0 Å². The average Bonchev–Trinajstić information content (AvgIpc) is 3.35. The Labute approximate surface area is 189 Å². The number of piperidine rings is 2. The SMILES string of the molecule is O=C(NCc1ccc(CN2CCCCC2)cc1)C1CCCN(S(=O)(=O)c2cccs2)C1. The fourth-order valence-electron chi connectivity index (χ4n) is 4.38. The van der Waals surface area contributed by atoms with Crippen molar-refractivity contribution in [3.8, 4) is 0 Å². The molecular formula is C23H31N3O3S2. The Morgan fingerprint density at radius 1 is 1.00 bits per heavy atom. The molecule has 2 aromatic rings. The second-order valence-corrected chi connectivity index (χ2v) is 11.6. The summed E-state index contributed by atoms with van der Waals surface area (Å²) in [5, 5.41) is 4.77. The van der Waals surface area contributed by atoms with Crippen molar-refractivity contribution < 1.29 is 13.2 Å². The van der Waals surface area contributed by atoms with Crippen LogP contribution >= 0.6 is 11.3 Å². The molecule has 6 nitrogen and oxygen atoms in total. The van der Waals surface area contributed by atoms with E-state index in [2.05, 4.69) is 34.5 Å². The average molecular weight is 462 g/mol. The molecule has 0 spiro atoms. The Morgan fingerprint density at radius 2 is 1.74 bits per heavy atom. The highest BCUT2D eigenvalue weighted by Crippen LogP contribution is 2.26. The number of rotatable bonds is 7. The van der Waals surface area contributed by atoms with Crippen molar-refractivity contribution in [2.45, 2.75) is 49.4 Å². The van der Waals surface area contributed by atoms with E-state index in [0.717, 1.165) is 18.5 Å². The van der Waals surface area contributed by atoms with E-state index in [4.69, 9.17) is 0 Å². The summed E-state index contributed by atoms with van der Waals surface area (Å²) in [4.78, 5) is 15.2. The second kappa shape index (κ2) is 10.3. The molecule has 1 amide bonds. The lowest BCUT2D eigenvalue weighted by Crippen LogP contribution is -2.45. The van der Waals surface area contributed by atoms with E-state index in [-0.39, 0.29) is 18.4 Å². The van der Waals surface area contributed by atoms with E-state index in [1.54, 1.807) is 17.5 Å². The van der Waals surface area contributed by atoms with Gasteiger partial charge in [-0.25, -0.2) is 8.42 Å². The van der Waals surface area contributed by atoms with Crippen LogP contribution in [-0.4, -0.2) is 49.7 Å². The van der Waals surface area contributed by atoms with Gasteiger partial charge in [-0.1, -0.05) is 36.8 Å². The van der Waals surface area contributed by atoms with E-state index < -0.39 is 10.0 Å². The standard InChI is InChI=1S/C23H31N3O3S2/c27-23(21-6-4-14-26(18-21)31(28,29)22-7-5-15-30-22)24-16-19-8-10-20(11-9-19)17-25-12-2-1-3-13-25/h5,7-11,15,21H,1-4,6,12-14,16-18H2,(H,24,27). The highest BCUT2D eigenvalue weighted by Gasteiger charge is 2.33. The summed E-state index contributed by atoms with van der Waals surface area (Å²) in [6.45, 7) is 4.54. The van der Waals surface area contributed by atoms with Crippen LogP contribution < -0.4 is 5.32 Å². The zero-order valence-electron chi connectivity index (χ0n) is 17.8. The number of nitrogens with one attached hydrogen (secondary N) is 1. The van der Waals surface area contributed by atoms with Crippen molar-refractivity contribution >= 4 is 27.3 Å². The fraction of sp³-hybridized carbons (Fsp3) is 0.522. The molecule has 1 aromatic carbocycles. The molecule has 4 rings (SSSR count). The van der Waals surface area contributed by atoms with Crippen LogP contribution in [0.2, 0.25) is 0 Å². The maximum atomic E-state index is 12.8. The number of amides is 1. The molecule has 0 radical (unpaired) electrons. The molecule has 3 heterocycles. The van der Waals surface area contributed by atoms with Gasteiger partial charge < -0.3 is 5.32 Å². The molecule has 2 aliphatic heterocycles. The molecule has 8 heteroatoms. The summed E-state index contributed by atoms with van der Waals surface area (Å²) in [5.74, 6) is -0.370. The van der Waals surface area contributed by atoms with Crippen LogP contribution in [-0.2, 0) is 27.9 Å². The number of carbonyl (C=O) groups excluding carboxylic acids is 1. The number of hydrogen-bond donors (Lipinski definition) is 1. The molecule has 1 unspecified atom stereocenters. The number of likely N-dealkylation sites (tertiary alicyclic amines) is 1. The van der Waals surface area contributed by atoms with Gasteiger partial charge in [-0.15, -0.1) is 11.3 Å². The first kappa shape index (κ1) is 22.5. The van der Waals surface area contributed by atoms with Gasteiger partial charge in [0.25, 0.3) is 10.0 Å². The summed E-state index contributed by atoms with van der Waals surface area (Å²) < 4.78 is 27.3. The van der Waals surface area contributed by atoms with Gasteiger partial charge in [0.2, 0.25) is 5.91 Å².